The zero-order chi connectivity index (χ0) is 16.2. The topological polar surface area (TPSA) is 62.7 Å². The molecule has 0 bridgehead atoms. The van der Waals surface area contributed by atoms with E-state index in [2.05, 4.69) is 9.88 Å². The lowest BCUT2D eigenvalue weighted by molar-refractivity contribution is -0.117. The predicted molar refractivity (Wildman–Crippen MR) is 90.9 cm³/mol. The number of nitrogens with zero attached hydrogens (tertiary/aromatic N) is 3. The number of carbonyl (C=O) groups is 2. The van der Waals surface area contributed by atoms with Gasteiger partial charge in [-0.25, -0.2) is 4.98 Å². The van der Waals surface area contributed by atoms with Crippen molar-refractivity contribution in [2.24, 2.45) is 5.92 Å². The van der Waals surface area contributed by atoms with Gasteiger partial charge in [0.25, 0.3) is 0 Å². The minimum Gasteiger partial charge on any atom is -0.378 e. The molecule has 3 rings (SSSR count). The number of rotatable bonds is 4. The van der Waals surface area contributed by atoms with Gasteiger partial charge in [0, 0.05) is 38.7 Å². The van der Waals surface area contributed by atoms with Crippen molar-refractivity contribution in [3.8, 4) is 0 Å². The summed E-state index contributed by atoms with van der Waals surface area (Å²) in [6.07, 6.45) is 2.27. The molecule has 2 saturated heterocycles. The number of amides is 1. The van der Waals surface area contributed by atoms with E-state index in [4.69, 9.17) is 4.74 Å². The number of aromatic nitrogens is 1. The maximum absolute atomic E-state index is 12.2. The maximum Gasteiger partial charge on any atom is 0.227 e. The molecule has 124 valence electrons. The zero-order valence-electron chi connectivity index (χ0n) is 13.2. The molecule has 6 nitrogen and oxygen atoms in total. The molecule has 2 fully saturated rings. The average Bonchev–Trinajstić information content (AvgIpc) is 2.95. The average molecular weight is 335 g/mol. The van der Waals surface area contributed by atoms with Crippen LogP contribution in [-0.4, -0.2) is 54.6 Å². The zero-order valence-corrected chi connectivity index (χ0v) is 14.1. The lowest BCUT2D eigenvalue weighted by Crippen LogP contribution is -2.36. The summed E-state index contributed by atoms with van der Waals surface area (Å²) >= 11 is 1.30. The Morgan fingerprint density at radius 1 is 1.39 bits per heavy atom. The van der Waals surface area contributed by atoms with E-state index in [0.29, 0.717) is 18.7 Å². The number of morpholine rings is 1. The second-order valence-corrected chi connectivity index (χ2v) is 7.05. The van der Waals surface area contributed by atoms with E-state index < -0.39 is 0 Å². The minimum atomic E-state index is 0.104. The molecule has 7 heteroatoms. The van der Waals surface area contributed by atoms with Gasteiger partial charge in [-0.1, -0.05) is 11.8 Å². The van der Waals surface area contributed by atoms with Crippen LogP contribution >= 0.6 is 11.8 Å². The molecule has 0 aliphatic carbocycles. The molecule has 1 unspecified atom stereocenters. The number of thioether (sulfide) groups is 1. The molecule has 0 radical (unpaired) electrons. The molecule has 1 aromatic rings. The Morgan fingerprint density at radius 2 is 2.17 bits per heavy atom. The van der Waals surface area contributed by atoms with Crippen molar-refractivity contribution in [3.63, 3.8) is 0 Å². The third-order valence-corrected chi connectivity index (χ3v) is 5.15. The molecule has 1 amide bonds. The number of ether oxygens (including phenoxy) is 1. The summed E-state index contributed by atoms with van der Waals surface area (Å²) in [5.74, 6) is 1.97. The SMILES string of the molecule is CC(=O)SCC1CC(=O)N(c2ccc(N3CCOCC3)nc2)C1. The molecule has 1 aromatic heterocycles. The summed E-state index contributed by atoms with van der Waals surface area (Å²) < 4.78 is 5.34. The molecule has 2 aliphatic heterocycles. The van der Waals surface area contributed by atoms with Crippen molar-refractivity contribution in [2.75, 3.05) is 48.4 Å². The number of pyridine rings is 1. The first-order valence-electron chi connectivity index (χ1n) is 7.86. The van der Waals surface area contributed by atoms with Crippen molar-refractivity contribution in [1.29, 1.82) is 0 Å². The van der Waals surface area contributed by atoms with Gasteiger partial charge in [-0.15, -0.1) is 0 Å². The molecule has 0 saturated carbocycles. The van der Waals surface area contributed by atoms with Crippen molar-refractivity contribution in [3.05, 3.63) is 18.3 Å². The molecule has 3 heterocycles. The van der Waals surface area contributed by atoms with E-state index in [9.17, 15) is 9.59 Å². The normalized spacial score (nSPS) is 21.8. The fraction of sp³-hybridized carbons (Fsp3) is 0.562. The van der Waals surface area contributed by atoms with Crippen molar-refractivity contribution in [1.82, 2.24) is 4.98 Å². The van der Waals surface area contributed by atoms with Gasteiger partial charge in [-0.3, -0.25) is 9.59 Å². The molecule has 0 spiro atoms. The standard InChI is InChI=1S/C16H21N3O3S/c1-12(20)23-11-13-8-16(21)19(10-13)14-2-3-15(17-9-14)18-4-6-22-7-5-18/h2-3,9,13H,4-8,10-11H2,1H3. The third kappa shape index (κ3) is 4.03. The Balaban J connectivity index is 1.62. The van der Waals surface area contributed by atoms with E-state index in [0.717, 1.165) is 37.8 Å². The van der Waals surface area contributed by atoms with Crippen molar-refractivity contribution < 1.29 is 14.3 Å². The van der Waals surface area contributed by atoms with Gasteiger partial charge >= 0.3 is 0 Å². The van der Waals surface area contributed by atoms with Crippen LogP contribution in [0.2, 0.25) is 0 Å². The molecule has 23 heavy (non-hydrogen) atoms. The monoisotopic (exact) mass is 335 g/mol. The molecule has 0 aromatic carbocycles. The van der Waals surface area contributed by atoms with Crippen LogP contribution in [-0.2, 0) is 14.3 Å². The summed E-state index contributed by atoms with van der Waals surface area (Å²) in [6.45, 7) is 5.37. The van der Waals surface area contributed by atoms with E-state index in [1.165, 1.54) is 11.8 Å². The fourth-order valence-corrected chi connectivity index (χ4v) is 3.59. The highest BCUT2D eigenvalue weighted by Gasteiger charge is 2.31. The number of hydrogen-bond donors (Lipinski definition) is 0. The quantitative estimate of drug-likeness (QED) is 0.832. The van der Waals surface area contributed by atoms with Crippen LogP contribution < -0.4 is 9.80 Å². The summed E-state index contributed by atoms with van der Waals surface area (Å²) in [6, 6.07) is 3.92. The molecule has 2 aliphatic rings. The Hall–Kier alpha value is -1.60. The van der Waals surface area contributed by atoms with Gasteiger partial charge in [-0.05, 0) is 18.1 Å². The number of carbonyl (C=O) groups excluding carboxylic acids is 2. The summed E-state index contributed by atoms with van der Waals surface area (Å²) in [5, 5.41) is 0.104. The van der Waals surface area contributed by atoms with Crippen molar-refractivity contribution in [2.45, 2.75) is 13.3 Å². The Morgan fingerprint density at radius 3 is 2.83 bits per heavy atom. The lowest BCUT2D eigenvalue weighted by Gasteiger charge is -2.28. The van der Waals surface area contributed by atoms with Crippen LogP contribution in [0.25, 0.3) is 0 Å². The minimum absolute atomic E-state index is 0.104. The van der Waals surface area contributed by atoms with Gasteiger partial charge in [0.1, 0.15) is 5.82 Å². The molecular weight excluding hydrogens is 314 g/mol. The van der Waals surface area contributed by atoms with Crippen LogP contribution in [0.3, 0.4) is 0 Å². The summed E-state index contributed by atoms with van der Waals surface area (Å²) in [4.78, 5) is 31.7. The Labute approximate surface area is 140 Å². The third-order valence-electron chi connectivity index (χ3n) is 4.11. The number of anilines is 2. The molecule has 1 atom stereocenters. The van der Waals surface area contributed by atoms with E-state index >= 15 is 0 Å². The fourth-order valence-electron chi connectivity index (χ4n) is 2.90. The first-order valence-corrected chi connectivity index (χ1v) is 8.84. The van der Waals surface area contributed by atoms with E-state index in [1.807, 2.05) is 12.1 Å². The largest absolute Gasteiger partial charge is 0.378 e. The van der Waals surface area contributed by atoms with Gasteiger partial charge < -0.3 is 14.5 Å². The first kappa shape index (κ1) is 16.3. The summed E-state index contributed by atoms with van der Waals surface area (Å²) in [5.41, 5.74) is 0.835. The van der Waals surface area contributed by atoms with Crippen LogP contribution in [0.4, 0.5) is 11.5 Å². The highest BCUT2D eigenvalue weighted by Crippen LogP contribution is 2.28. The number of hydrogen-bond acceptors (Lipinski definition) is 6. The molecule has 0 N–H and O–H groups in total. The van der Waals surface area contributed by atoms with Crippen molar-refractivity contribution >= 4 is 34.3 Å². The Kier molecular flexibility index (Phi) is 5.17. The van der Waals surface area contributed by atoms with Crippen LogP contribution in [0.5, 0.6) is 0 Å². The Bertz CT molecular complexity index is 572. The van der Waals surface area contributed by atoms with Gasteiger partial charge in [0.2, 0.25) is 5.91 Å². The van der Waals surface area contributed by atoms with E-state index in [1.54, 1.807) is 18.0 Å². The van der Waals surface area contributed by atoms with Gasteiger partial charge in [0.05, 0.1) is 25.1 Å². The maximum atomic E-state index is 12.2. The van der Waals surface area contributed by atoms with Gasteiger partial charge in [0.15, 0.2) is 5.12 Å². The van der Waals surface area contributed by atoms with Crippen LogP contribution in [0.15, 0.2) is 18.3 Å². The highest BCUT2D eigenvalue weighted by molar-refractivity contribution is 8.13. The second kappa shape index (κ2) is 7.31. The van der Waals surface area contributed by atoms with Crippen LogP contribution in [0, 0.1) is 5.92 Å². The smallest absolute Gasteiger partial charge is 0.227 e. The second-order valence-electron chi connectivity index (χ2n) is 5.85. The first-order chi connectivity index (χ1) is 11.1. The summed E-state index contributed by atoms with van der Waals surface area (Å²) in [7, 11) is 0. The lowest BCUT2D eigenvalue weighted by atomic mass is 10.1. The van der Waals surface area contributed by atoms with Gasteiger partial charge in [-0.2, -0.15) is 0 Å². The highest BCUT2D eigenvalue weighted by atomic mass is 32.2. The molecular formula is C16H21N3O3S. The van der Waals surface area contributed by atoms with E-state index in [-0.39, 0.29) is 16.9 Å². The van der Waals surface area contributed by atoms with Crippen LogP contribution in [0.1, 0.15) is 13.3 Å². The predicted octanol–water partition coefficient (Wildman–Crippen LogP) is 1.55.